The van der Waals surface area contributed by atoms with Gasteiger partial charge >= 0.3 is 0 Å². The quantitative estimate of drug-likeness (QED) is 0.610. The first-order valence-electron chi connectivity index (χ1n) is 9.47. The molecule has 0 aromatic heterocycles. The van der Waals surface area contributed by atoms with Crippen molar-refractivity contribution in [1.82, 2.24) is 10.2 Å². The maximum atomic E-state index is 13.0. The average molecular weight is 435 g/mol. The fraction of sp³-hybridized carbons (Fsp3) is 0.364. The van der Waals surface area contributed by atoms with Gasteiger partial charge in [-0.2, -0.15) is 0 Å². The molecule has 2 rings (SSSR count). The van der Waals surface area contributed by atoms with E-state index in [0.717, 1.165) is 16.9 Å². The van der Waals surface area contributed by atoms with Crippen molar-refractivity contribution >= 4 is 35.2 Å². The third-order valence-corrected chi connectivity index (χ3v) is 5.65. The lowest BCUT2D eigenvalue weighted by Gasteiger charge is -2.28. The molecule has 0 radical (unpaired) electrons. The smallest absolute Gasteiger partial charge is 0.242 e. The number of hydrogen-bond acceptors (Lipinski definition) is 4. The van der Waals surface area contributed by atoms with Crippen LogP contribution in [0.5, 0.6) is 5.75 Å². The number of carbonyl (C=O) groups is 2. The molecule has 0 spiro atoms. The summed E-state index contributed by atoms with van der Waals surface area (Å²) in [4.78, 5) is 27.0. The third-order valence-electron chi connectivity index (χ3n) is 4.41. The van der Waals surface area contributed by atoms with E-state index >= 15 is 0 Å². The number of thioether (sulfide) groups is 1. The molecule has 2 aromatic rings. The Balaban J connectivity index is 2.06. The van der Waals surface area contributed by atoms with Gasteiger partial charge in [-0.3, -0.25) is 9.59 Å². The molecule has 0 aliphatic carbocycles. The summed E-state index contributed by atoms with van der Waals surface area (Å²) in [6.45, 7) is 4.49. The summed E-state index contributed by atoms with van der Waals surface area (Å²) in [5, 5.41) is 3.49. The molecule has 29 heavy (non-hydrogen) atoms. The van der Waals surface area contributed by atoms with Crippen LogP contribution in [-0.2, 0) is 21.9 Å². The fourth-order valence-electron chi connectivity index (χ4n) is 2.79. The molecule has 5 nitrogen and oxygen atoms in total. The van der Waals surface area contributed by atoms with Gasteiger partial charge in [0.1, 0.15) is 11.8 Å². The van der Waals surface area contributed by atoms with Gasteiger partial charge in [0.2, 0.25) is 11.8 Å². The Hall–Kier alpha value is -2.18. The van der Waals surface area contributed by atoms with Crippen molar-refractivity contribution in [1.29, 1.82) is 0 Å². The van der Waals surface area contributed by atoms with E-state index < -0.39 is 6.04 Å². The highest BCUT2D eigenvalue weighted by atomic mass is 35.5. The standard InChI is InChI=1S/C22H27ClN2O3S/c1-4-24-22(27)16(2)25(13-18-6-5-7-20(12-18)28-3)21(26)15-29-14-17-8-10-19(23)11-9-17/h5-12,16H,4,13-15H2,1-3H3,(H,24,27). The summed E-state index contributed by atoms with van der Waals surface area (Å²) in [6, 6.07) is 14.5. The number of carbonyl (C=O) groups excluding carboxylic acids is 2. The van der Waals surface area contributed by atoms with E-state index in [1.807, 2.05) is 55.5 Å². The van der Waals surface area contributed by atoms with Crippen LogP contribution in [0.1, 0.15) is 25.0 Å². The minimum Gasteiger partial charge on any atom is -0.497 e. The number of halogens is 1. The molecule has 0 saturated heterocycles. The van der Waals surface area contributed by atoms with Crippen LogP contribution in [0.4, 0.5) is 0 Å². The normalized spacial score (nSPS) is 11.6. The summed E-state index contributed by atoms with van der Waals surface area (Å²) in [5.41, 5.74) is 2.01. The summed E-state index contributed by atoms with van der Waals surface area (Å²) >= 11 is 7.43. The second-order valence-corrected chi connectivity index (χ2v) is 7.99. The van der Waals surface area contributed by atoms with Crippen LogP contribution < -0.4 is 10.1 Å². The molecule has 2 amide bonds. The first-order valence-corrected chi connectivity index (χ1v) is 11.0. The minimum absolute atomic E-state index is 0.0782. The van der Waals surface area contributed by atoms with Gasteiger partial charge in [0, 0.05) is 23.9 Å². The number of likely N-dealkylation sites (N-methyl/N-ethyl adjacent to an activating group) is 1. The molecular weight excluding hydrogens is 408 g/mol. The zero-order valence-corrected chi connectivity index (χ0v) is 18.6. The van der Waals surface area contributed by atoms with Gasteiger partial charge in [-0.1, -0.05) is 35.9 Å². The number of benzene rings is 2. The van der Waals surface area contributed by atoms with Crippen LogP contribution in [0.2, 0.25) is 5.02 Å². The summed E-state index contributed by atoms with van der Waals surface area (Å²) in [7, 11) is 1.60. The zero-order valence-electron chi connectivity index (χ0n) is 17.0. The zero-order chi connectivity index (χ0) is 21.2. The number of rotatable bonds is 10. The topological polar surface area (TPSA) is 58.6 Å². The van der Waals surface area contributed by atoms with Crippen molar-refractivity contribution in [3.05, 3.63) is 64.7 Å². The van der Waals surface area contributed by atoms with Gasteiger partial charge in [-0.15, -0.1) is 11.8 Å². The van der Waals surface area contributed by atoms with Crippen molar-refractivity contribution in [2.45, 2.75) is 32.2 Å². The van der Waals surface area contributed by atoms with Gasteiger partial charge in [-0.05, 0) is 49.2 Å². The maximum absolute atomic E-state index is 13.0. The predicted octanol–water partition coefficient (Wildman–Crippen LogP) is 4.14. The highest BCUT2D eigenvalue weighted by Gasteiger charge is 2.25. The first kappa shape index (κ1) is 23.1. The largest absolute Gasteiger partial charge is 0.497 e. The lowest BCUT2D eigenvalue weighted by atomic mass is 10.1. The van der Waals surface area contributed by atoms with Gasteiger partial charge < -0.3 is 15.0 Å². The number of amides is 2. The van der Waals surface area contributed by atoms with Crippen LogP contribution in [0.15, 0.2) is 48.5 Å². The Morgan fingerprint density at radius 1 is 1.17 bits per heavy atom. The monoisotopic (exact) mass is 434 g/mol. The van der Waals surface area contributed by atoms with Crippen molar-refractivity contribution in [3.8, 4) is 5.75 Å². The maximum Gasteiger partial charge on any atom is 0.242 e. The van der Waals surface area contributed by atoms with Crippen molar-refractivity contribution < 1.29 is 14.3 Å². The highest BCUT2D eigenvalue weighted by Crippen LogP contribution is 2.19. The Bertz CT molecular complexity index is 814. The lowest BCUT2D eigenvalue weighted by molar-refractivity contribution is -0.138. The number of nitrogens with zero attached hydrogens (tertiary/aromatic N) is 1. The minimum atomic E-state index is -0.565. The fourth-order valence-corrected chi connectivity index (χ4v) is 3.79. The molecule has 1 unspecified atom stereocenters. The number of methoxy groups -OCH3 is 1. The SMILES string of the molecule is CCNC(=O)C(C)N(Cc1cccc(OC)c1)C(=O)CSCc1ccc(Cl)cc1. The Kier molecular flexibility index (Phi) is 9.35. The molecule has 0 aliphatic rings. The first-order chi connectivity index (χ1) is 13.9. The molecule has 0 fully saturated rings. The molecule has 0 heterocycles. The van der Waals surface area contributed by atoms with Crippen molar-refractivity contribution in [2.75, 3.05) is 19.4 Å². The van der Waals surface area contributed by atoms with Crippen LogP contribution in [0.25, 0.3) is 0 Å². The van der Waals surface area contributed by atoms with Crippen LogP contribution >= 0.6 is 23.4 Å². The van der Waals surface area contributed by atoms with E-state index in [-0.39, 0.29) is 17.6 Å². The number of nitrogens with one attached hydrogen (secondary N) is 1. The average Bonchev–Trinajstić information content (AvgIpc) is 2.73. The Morgan fingerprint density at radius 3 is 2.55 bits per heavy atom. The molecule has 7 heteroatoms. The third kappa shape index (κ3) is 7.29. The van der Waals surface area contributed by atoms with E-state index in [0.29, 0.717) is 23.9 Å². The molecule has 1 N–H and O–H groups in total. The second kappa shape index (κ2) is 11.7. The molecule has 0 saturated carbocycles. The molecule has 0 bridgehead atoms. The number of hydrogen-bond donors (Lipinski definition) is 1. The van der Waals surface area contributed by atoms with Gasteiger partial charge in [0.25, 0.3) is 0 Å². The molecule has 1 atom stereocenters. The lowest BCUT2D eigenvalue weighted by Crippen LogP contribution is -2.48. The number of ether oxygens (including phenoxy) is 1. The van der Waals surface area contributed by atoms with Crippen molar-refractivity contribution in [3.63, 3.8) is 0 Å². The van der Waals surface area contributed by atoms with E-state index in [1.165, 1.54) is 11.8 Å². The summed E-state index contributed by atoms with van der Waals surface area (Å²) in [5.74, 6) is 1.47. The summed E-state index contributed by atoms with van der Waals surface area (Å²) in [6.07, 6.45) is 0. The molecule has 0 aliphatic heterocycles. The Morgan fingerprint density at radius 2 is 1.90 bits per heavy atom. The van der Waals surface area contributed by atoms with Gasteiger partial charge in [-0.25, -0.2) is 0 Å². The van der Waals surface area contributed by atoms with Crippen LogP contribution in [-0.4, -0.2) is 42.2 Å². The van der Waals surface area contributed by atoms with E-state index in [1.54, 1.807) is 18.9 Å². The van der Waals surface area contributed by atoms with Crippen LogP contribution in [0, 0.1) is 0 Å². The highest BCUT2D eigenvalue weighted by molar-refractivity contribution is 7.99. The molecular formula is C22H27ClN2O3S. The van der Waals surface area contributed by atoms with E-state index in [2.05, 4.69) is 5.32 Å². The van der Waals surface area contributed by atoms with Crippen molar-refractivity contribution in [2.24, 2.45) is 0 Å². The predicted molar refractivity (Wildman–Crippen MR) is 119 cm³/mol. The molecule has 156 valence electrons. The Labute approximate surface area is 181 Å². The van der Waals surface area contributed by atoms with E-state index in [9.17, 15) is 9.59 Å². The summed E-state index contributed by atoms with van der Waals surface area (Å²) < 4.78 is 5.27. The molecule has 2 aromatic carbocycles. The second-order valence-electron chi connectivity index (χ2n) is 6.56. The van der Waals surface area contributed by atoms with Crippen LogP contribution in [0.3, 0.4) is 0 Å². The van der Waals surface area contributed by atoms with E-state index in [4.69, 9.17) is 16.3 Å². The van der Waals surface area contributed by atoms with Gasteiger partial charge in [0.15, 0.2) is 0 Å². The van der Waals surface area contributed by atoms with Gasteiger partial charge in [0.05, 0.1) is 12.9 Å².